The first-order chi connectivity index (χ1) is 15.0. The number of carbonyl (C=O) groups excluding carboxylic acids is 2. The maximum atomic E-state index is 12.8. The average Bonchev–Trinajstić information content (AvgIpc) is 3.15. The van der Waals surface area contributed by atoms with Crippen molar-refractivity contribution in [1.82, 2.24) is 9.88 Å². The van der Waals surface area contributed by atoms with E-state index in [2.05, 4.69) is 10.3 Å². The van der Waals surface area contributed by atoms with Gasteiger partial charge in [-0.3, -0.25) is 14.9 Å². The van der Waals surface area contributed by atoms with E-state index in [-0.39, 0.29) is 11.8 Å². The highest BCUT2D eigenvalue weighted by Crippen LogP contribution is 2.29. The molecule has 2 heterocycles. The molecule has 1 aliphatic heterocycles. The summed E-state index contributed by atoms with van der Waals surface area (Å²) in [7, 11) is 0. The normalized spacial score (nSPS) is 13.1. The zero-order valence-electron chi connectivity index (χ0n) is 17.6. The van der Waals surface area contributed by atoms with E-state index in [0.29, 0.717) is 54.0 Å². The van der Waals surface area contributed by atoms with E-state index in [1.165, 1.54) is 11.3 Å². The number of nitrogens with zero attached hydrogens (tertiary/aromatic N) is 2. The van der Waals surface area contributed by atoms with Crippen molar-refractivity contribution in [3.05, 3.63) is 70.7 Å². The highest BCUT2D eigenvalue weighted by Gasteiger charge is 2.25. The summed E-state index contributed by atoms with van der Waals surface area (Å²) in [6.07, 6.45) is 1.27. The second-order valence-electron chi connectivity index (χ2n) is 7.95. The van der Waals surface area contributed by atoms with Crippen LogP contribution in [0.2, 0.25) is 0 Å². The monoisotopic (exact) mass is 435 g/mol. The van der Waals surface area contributed by atoms with E-state index in [1.54, 1.807) is 18.2 Å². The predicted octanol–water partition coefficient (Wildman–Crippen LogP) is 5.12. The number of hydrogen-bond acceptors (Lipinski definition) is 5. The van der Waals surface area contributed by atoms with Crippen LogP contribution in [0, 0.1) is 5.92 Å². The molecule has 160 valence electrons. The quantitative estimate of drug-likeness (QED) is 0.583. The summed E-state index contributed by atoms with van der Waals surface area (Å²) in [5.41, 5.74) is 1.46. The second-order valence-corrected chi connectivity index (χ2v) is 9.03. The number of benzene rings is 2. The summed E-state index contributed by atoms with van der Waals surface area (Å²) in [4.78, 5) is 32.6. The van der Waals surface area contributed by atoms with Crippen LogP contribution >= 0.6 is 11.3 Å². The van der Waals surface area contributed by atoms with Gasteiger partial charge >= 0.3 is 0 Å². The molecule has 2 aromatic carbocycles. The minimum Gasteiger partial charge on any atom is -0.457 e. The van der Waals surface area contributed by atoms with Crippen molar-refractivity contribution in [1.29, 1.82) is 0 Å². The third-order valence-electron chi connectivity index (χ3n) is 4.96. The summed E-state index contributed by atoms with van der Waals surface area (Å²) in [5.74, 6) is 1.58. The molecule has 0 unspecified atom stereocenters. The molecule has 3 aromatic rings. The van der Waals surface area contributed by atoms with Crippen LogP contribution in [0.3, 0.4) is 0 Å². The minimum absolute atomic E-state index is 0.176. The van der Waals surface area contributed by atoms with Crippen molar-refractivity contribution in [2.75, 3.05) is 11.9 Å². The molecule has 0 saturated carbocycles. The lowest BCUT2D eigenvalue weighted by molar-refractivity contribution is -0.132. The minimum atomic E-state index is -0.239. The van der Waals surface area contributed by atoms with Crippen LogP contribution in [0.25, 0.3) is 0 Å². The predicted molar refractivity (Wildman–Crippen MR) is 122 cm³/mol. The van der Waals surface area contributed by atoms with E-state index < -0.39 is 0 Å². The molecule has 0 aliphatic carbocycles. The molecule has 4 rings (SSSR count). The van der Waals surface area contributed by atoms with E-state index >= 15 is 0 Å². The van der Waals surface area contributed by atoms with Gasteiger partial charge in [-0.05, 0) is 36.2 Å². The number of amides is 2. The number of ether oxygens (including phenoxy) is 1. The van der Waals surface area contributed by atoms with Gasteiger partial charge in [0.05, 0.1) is 12.2 Å². The molecule has 0 atom stereocenters. The molecular formula is C24H25N3O3S. The van der Waals surface area contributed by atoms with Crippen molar-refractivity contribution in [3.8, 4) is 11.5 Å². The van der Waals surface area contributed by atoms with Gasteiger partial charge in [0.25, 0.3) is 5.91 Å². The van der Waals surface area contributed by atoms with Crippen molar-refractivity contribution in [3.63, 3.8) is 0 Å². The van der Waals surface area contributed by atoms with Crippen LogP contribution in [0.1, 0.15) is 41.2 Å². The molecule has 0 fully saturated rings. The van der Waals surface area contributed by atoms with Crippen molar-refractivity contribution in [2.45, 2.75) is 33.2 Å². The third-order valence-corrected chi connectivity index (χ3v) is 5.96. The molecule has 1 N–H and O–H groups in total. The SMILES string of the molecule is CC(C)CC(=O)N1CCc2nc(NC(=O)c3cccc(Oc4ccccc4)c3)sc2C1. The Balaban J connectivity index is 1.42. The molecule has 2 amide bonds. The van der Waals surface area contributed by atoms with Crippen molar-refractivity contribution < 1.29 is 14.3 Å². The average molecular weight is 436 g/mol. The van der Waals surface area contributed by atoms with E-state index in [9.17, 15) is 9.59 Å². The first-order valence-corrected chi connectivity index (χ1v) is 11.2. The Hall–Kier alpha value is -3.19. The first-order valence-electron chi connectivity index (χ1n) is 10.4. The summed E-state index contributed by atoms with van der Waals surface area (Å²) < 4.78 is 5.82. The standard InChI is InChI=1S/C24H25N3O3S/c1-16(2)13-22(28)27-12-11-20-21(15-27)31-24(25-20)26-23(29)17-7-6-10-19(14-17)30-18-8-4-3-5-9-18/h3-10,14,16H,11-13,15H2,1-2H3,(H,25,26,29). The van der Waals surface area contributed by atoms with Crippen molar-refractivity contribution >= 4 is 28.3 Å². The van der Waals surface area contributed by atoms with E-state index in [1.807, 2.05) is 55.1 Å². The molecule has 0 bridgehead atoms. The van der Waals surface area contributed by atoms with Crippen LogP contribution in [0.15, 0.2) is 54.6 Å². The number of fused-ring (bicyclic) bond motifs is 1. The molecule has 1 aliphatic rings. The van der Waals surface area contributed by atoms with Crippen LogP contribution < -0.4 is 10.1 Å². The van der Waals surface area contributed by atoms with Gasteiger partial charge in [0.1, 0.15) is 11.5 Å². The van der Waals surface area contributed by atoms with Gasteiger partial charge in [-0.1, -0.05) is 49.4 Å². The van der Waals surface area contributed by atoms with Gasteiger partial charge in [-0.2, -0.15) is 0 Å². The number of nitrogens with one attached hydrogen (secondary N) is 1. The fourth-order valence-corrected chi connectivity index (χ4v) is 4.45. The summed E-state index contributed by atoms with van der Waals surface area (Å²) >= 11 is 1.44. The highest BCUT2D eigenvalue weighted by molar-refractivity contribution is 7.15. The maximum absolute atomic E-state index is 12.8. The fraction of sp³-hybridized carbons (Fsp3) is 0.292. The van der Waals surface area contributed by atoms with Gasteiger partial charge in [-0.25, -0.2) is 4.98 Å². The van der Waals surface area contributed by atoms with Crippen LogP contribution in [0.4, 0.5) is 5.13 Å². The Labute approximate surface area is 185 Å². The fourth-order valence-electron chi connectivity index (χ4n) is 3.43. The molecule has 0 radical (unpaired) electrons. The number of aromatic nitrogens is 1. The van der Waals surface area contributed by atoms with E-state index in [4.69, 9.17) is 4.74 Å². The summed E-state index contributed by atoms with van der Waals surface area (Å²) in [6.45, 7) is 5.34. The zero-order valence-corrected chi connectivity index (χ0v) is 18.4. The lowest BCUT2D eigenvalue weighted by Crippen LogP contribution is -2.36. The Morgan fingerprint density at radius 2 is 1.90 bits per heavy atom. The largest absolute Gasteiger partial charge is 0.457 e. The highest BCUT2D eigenvalue weighted by atomic mass is 32.1. The van der Waals surface area contributed by atoms with E-state index in [0.717, 1.165) is 10.6 Å². The molecule has 0 spiro atoms. The number of carbonyl (C=O) groups is 2. The summed E-state index contributed by atoms with van der Waals surface area (Å²) in [5, 5.41) is 3.45. The smallest absolute Gasteiger partial charge is 0.257 e. The van der Waals surface area contributed by atoms with Gasteiger partial charge < -0.3 is 9.64 Å². The summed E-state index contributed by atoms with van der Waals surface area (Å²) in [6, 6.07) is 16.5. The van der Waals surface area contributed by atoms with Crippen LogP contribution in [0.5, 0.6) is 11.5 Å². The zero-order chi connectivity index (χ0) is 21.8. The molecule has 1 aromatic heterocycles. The number of anilines is 1. The Morgan fingerprint density at radius 3 is 2.68 bits per heavy atom. The molecule has 0 saturated heterocycles. The Kier molecular flexibility index (Phi) is 6.32. The lowest BCUT2D eigenvalue weighted by Gasteiger charge is -2.26. The first kappa shape index (κ1) is 21.1. The maximum Gasteiger partial charge on any atom is 0.257 e. The number of rotatable bonds is 6. The number of para-hydroxylation sites is 1. The third kappa shape index (κ3) is 5.30. The Morgan fingerprint density at radius 1 is 1.13 bits per heavy atom. The van der Waals surface area contributed by atoms with Gasteiger partial charge in [0.15, 0.2) is 5.13 Å². The van der Waals surface area contributed by atoms with Gasteiger partial charge in [-0.15, -0.1) is 0 Å². The van der Waals surface area contributed by atoms with Crippen LogP contribution in [-0.4, -0.2) is 28.2 Å². The molecule has 7 heteroatoms. The second kappa shape index (κ2) is 9.31. The molecule has 6 nitrogen and oxygen atoms in total. The van der Waals surface area contributed by atoms with Gasteiger partial charge in [0, 0.05) is 29.8 Å². The van der Waals surface area contributed by atoms with Gasteiger partial charge in [0.2, 0.25) is 5.91 Å². The molecule has 31 heavy (non-hydrogen) atoms. The van der Waals surface area contributed by atoms with Crippen LogP contribution in [-0.2, 0) is 17.8 Å². The molecular weight excluding hydrogens is 410 g/mol. The number of hydrogen-bond donors (Lipinski definition) is 1. The lowest BCUT2D eigenvalue weighted by atomic mass is 10.1. The Bertz CT molecular complexity index is 1080. The topological polar surface area (TPSA) is 71.5 Å². The number of thiazole rings is 1. The van der Waals surface area contributed by atoms with Crippen molar-refractivity contribution in [2.24, 2.45) is 5.92 Å².